The number of aliphatic imine (C=N–C) groups is 1. The zero-order valence-electron chi connectivity index (χ0n) is 14.9. The first-order valence-corrected chi connectivity index (χ1v) is 9.33. The van der Waals surface area contributed by atoms with Gasteiger partial charge in [0, 0.05) is 37.8 Å². The van der Waals surface area contributed by atoms with Gasteiger partial charge in [-0.3, -0.25) is 4.99 Å². The zero-order chi connectivity index (χ0) is 19.2. The van der Waals surface area contributed by atoms with Crippen molar-refractivity contribution < 1.29 is 18.6 Å². The molecule has 0 radical (unpaired) electrons. The Bertz CT molecular complexity index is 758. The maximum absolute atomic E-state index is 12.3. The third-order valence-corrected chi connectivity index (χ3v) is 5.02. The molecule has 0 bridgehead atoms. The van der Waals surface area contributed by atoms with E-state index in [0.29, 0.717) is 24.6 Å². The average Bonchev–Trinajstić information content (AvgIpc) is 3.20. The summed E-state index contributed by atoms with van der Waals surface area (Å²) in [6.45, 7) is 0.134. The molecule has 3 N–H and O–H groups in total. The molecule has 1 atom stereocenters. The Morgan fingerprint density at radius 3 is 2.71 bits per heavy atom. The van der Waals surface area contributed by atoms with Crippen LogP contribution in [0.5, 0.6) is 5.75 Å². The molecule has 1 aromatic carbocycles. The number of halogens is 3. The maximum atomic E-state index is 12.3. The van der Waals surface area contributed by atoms with Crippen LogP contribution in [-0.2, 0) is 0 Å². The quantitative estimate of drug-likeness (QED) is 0.343. The molecule has 1 unspecified atom stereocenters. The molecule has 1 aliphatic heterocycles. The molecule has 0 aliphatic carbocycles. The number of rotatable bonds is 6. The Morgan fingerprint density at radius 2 is 2.07 bits per heavy atom. The highest BCUT2D eigenvalue weighted by atomic mass is 127. The highest BCUT2D eigenvalue weighted by Gasteiger charge is 2.20. The molecular weight excluding hydrogens is 503 g/mol. The second kappa shape index (κ2) is 10.7. The molecule has 3 rings (SSSR count). The van der Waals surface area contributed by atoms with Crippen molar-refractivity contribution in [2.75, 3.05) is 37.6 Å². The van der Waals surface area contributed by atoms with Gasteiger partial charge >= 0.3 is 6.61 Å². The largest absolute Gasteiger partial charge is 0.435 e. The Balaban J connectivity index is 0.00000280. The third-order valence-electron chi connectivity index (χ3n) is 4.19. The molecule has 0 amide bonds. The first kappa shape index (κ1) is 22.6. The lowest BCUT2D eigenvalue weighted by Gasteiger charge is -2.35. The summed E-state index contributed by atoms with van der Waals surface area (Å²) in [5, 5.41) is 13.2. The molecule has 2 aromatic rings. The normalized spacial score (nSPS) is 16.1. The molecule has 1 aromatic heterocycles. The highest BCUT2D eigenvalue weighted by molar-refractivity contribution is 14.0. The Kier molecular flexibility index (Phi) is 8.63. The van der Waals surface area contributed by atoms with E-state index < -0.39 is 12.7 Å². The predicted octanol–water partition coefficient (Wildman–Crippen LogP) is 2.53. The standard InChI is InChI=1S/C17H21F2N5O2S.HI/c18-15(19)26-13-3-1-2-12(10-13)14(25)11-22-16(20)23-5-7-24(8-6-23)17-21-4-9-27-17;/h1-4,9-10,14-15,25H,5-8,11H2,(H2,20,22);1H. The molecule has 1 aliphatic rings. The Morgan fingerprint density at radius 1 is 1.32 bits per heavy atom. The summed E-state index contributed by atoms with van der Waals surface area (Å²) in [6.07, 6.45) is 0.826. The van der Waals surface area contributed by atoms with Gasteiger partial charge in [-0.05, 0) is 17.7 Å². The van der Waals surface area contributed by atoms with Crippen LogP contribution in [0.4, 0.5) is 13.9 Å². The molecule has 7 nitrogen and oxygen atoms in total. The lowest BCUT2D eigenvalue weighted by Crippen LogP contribution is -2.51. The van der Waals surface area contributed by atoms with Gasteiger partial charge in [0.05, 0.1) is 12.6 Å². The monoisotopic (exact) mass is 525 g/mol. The first-order valence-electron chi connectivity index (χ1n) is 8.45. The van der Waals surface area contributed by atoms with Crippen molar-refractivity contribution in [1.82, 2.24) is 9.88 Å². The fourth-order valence-electron chi connectivity index (χ4n) is 2.78. The fourth-order valence-corrected chi connectivity index (χ4v) is 3.48. The number of ether oxygens (including phenoxy) is 1. The summed E-state index contributed by atoms with van der Waals surface area (Å²) in [7, 11) is 0. The second-order valence-corrected chi connectivity index (χ2v) is 6.83. The number of hydrogen-bond acceptors (Lipinski definition) is 6. The van der Waals surface area contributed by atoms with E-state index in [1.54, 1.807) is 29.7 Å². The van der Waals surface area contributed by atoms with Gasteiger partial charge in [-0.2, -0.15) is 8.78 Å². The van der Waals surface area contributed by atoms with Crippen molar-refractivity contribution >= 4 is 46.4 Å². The van der Waals surface area contributed by atoms with Crippen LogP contribution in [0.25, 0.3) is 0 Å². The molecule has 154 valence electrons. The lowest BCUT2D eigenvalue weighted by molar-refractivity contribution is -0.0499. The summed E-state index contributed by atoms with van der Waals surface area (Å²) in [6, 6.07) is 5.94. The Hall–Kier alpha value is -1.73. The van der Waals surface area contributed by atoms with Crippen LogP contribution in [0.15, 0.2) is 40.8 Å². The van der Waals surface area contributed by atoms with E-state index in [2.05, 4.69) is 19.6 Å². The van der Waals surface area contributed by atoms with Crippen LogP contribution < -0.4 is 15.4 Å². The molecular formula is C17H22F2IN5O2S. The molecule has 2 heterocycles. The number of guanidine groups is 1. The average molecular weight is 525 g/mol. The van der Waals surface area contributed by atoms with Crippen molar-refractivity contribution in [3.05, 3.63) is 41.4 Å². The van der Waals surface area contributed by atoms with Crippen LogP contribution >= 0.6 is 35.3 Å². The smallest absolute Gasteiger partial charge is 0.387 e. The fraction of sp³-hybridized carbons (Fsp3) is 0.412. The van der Waals surface area contributed by atoms with Gasteiger partial charge in [0.1, 0.15) is 5.75 Å². The van der Waals surface area contributed by atoms with Gasteiger partial charge in [-0.1, -0.05) is 12.1 Å². The minimum absolute atomic E-state index is 0. The van der Waals surface area contributed by atoms with E-state index in [1.807, 2.05) is 10.3 Å². The maximum Gasteiger partial charge on any atom is 0.387 e. The van der Waals surface area contributed by atoms with E-state index in [9.17, 15) is 13.9 Å². The number of nitrogens with zero attached hydrogens (tertiary/aromatic N) is 4. The minimum Gasteiger partial charge on any atom is -0.435 e. The van der Waals surface area contributed by atoms with Crippen LogP contribution in [0.1, 0.15) is 11.7 Å². The van der Waals surface area contributed by atoms with E-state index in [1.165, 1.54) is 12.1 Å². The number of aromatic nitrogens is 1. The summed E-state index contributed by atoms with van der Waals surface area (Å²) in [5.41, 5.74) is 6.49. The van der Waals surface area contributed by atoms with Crippen LogP contribution in [-0.4, -0.2) is 60.3 Å². The van der Waals surface area contributed by atoms with Crippen molar-refractivity contribution in [2.24, 2.45) is 10.7 Å². The van der Waals surface area contributed by atoms with Crippen molar-refractivity contribution in [3.63, 3.8) is 0 Å². The van der Waals surface area contributed by atoms with E-state index in [4.69, 9.17) is 5.73 Å². The van der Waals surface area contributed by atoms with Gasteiger partial charge < -0.3 is 25.4 Å². The number of alkyl halides is 2. The van der Waals surface area contributed by atoms with Crippen LogP contribution in [0.3, 0.4) is 0 Å². The number of anilines is 1. The summed E-state index contributed by atoms with van der Waals surface area (Å²) in [5.74, 6) is 0.352. The Labute approximate surface area is 182 Å². The predicted molar refractivity (Wildman–Crippen MR) is 116 cm³/mol. The number of aliphatic hydroxyl groups is 1. The minimum atomic E-state index is -2.91. The number of thiazole rings is 1. The van der Waals surface area contributed by atoms with E-state index >= 15 is 0 Å². The summed E-state index contributed by atoms with van der Waals surface area (Å²) < 4.78 is 28.9. The number of aliphatic hydroxyl groups excluding tert-OH is 1. The first-order chi connectivity index (χ1) is 13.0. The third kappa shape index (κ3) is 6.14. The number of nitrogens with two attached hydrogens (primary N) is 1. The molecule has 1 fully saturated rings. The van der Waals surface area contributed by atoms with Gasteiger partial charge in [-0.25, -0.2) is 4.98 Å². The van der Waals surface area contributed by atoms with Gasteiger partial charge in [0.2, 0.25) is 0 Å². The summed E-state index contributed by atoms with van der Waals surface area (Å²) in [4.78, 5) is 12.7. The van der Waals surface area contributed by atoms with Crippen LogP contribution in [0, 0.1) is 0 Å². The van der Waals surface area contributed by atoms with Gasteiger partial charge in [0.15, 0.2) is 11.1 Å². The summed E-state index contributed by atoms with van der Waals surface area (Å²) >= 11 is 1.60. The molecule has 0 spiro atoms. The molecule has 11 heteroatoms. The van der Waals surface area contributed by atoms with Crippen molar-refractivity contribution in [1.29, 1.82) is 0 Å². The van der Waals surface area contributed by atoms with E-state index in [0.717, 1.165) is 18.2 Å². The second-order valence-electron chi connectivity index (χ2n) is 5.95. The van der Waals surface area contributed by atoms with Gasteiger partial charge in [0.25, 0.3) is 0 Å². The molecule has 28 heavy (non-hydrogen) atoms. The SMILES string of the molecule is I.NC(=NCC(O)c1cccc(OC(F)F)c1)N1CCN(c2nccs2)CC1. The topological polar surface area (TPSA) is 87.2 Å². The van der Waals surface area contributed by atoms with Crippen molar-refractivity contribution in [3.8, 4) is 5.75 Å². The van der Waals surface area contributed by atoms with Crippen molar-refractivity contribution in [2.45, 2.75) is 12.7 Å². The zero-order valence-corrected chi connectivity index (χ0v) is 18.1. The number of benzene rings is 1. The number of hydrogen-bond donors (Lipinski definition) is 2. The number of piperazine rings is 1. The lowest BCUT2D eigenvalue weighted by atomic mass is 10.1. The highest BCUT2D eigenvalue weighted by Crippen LogP contribution is 2.21. The van der Waals surface area contributed by atoms with Crippen LogP contribution in [0.2, 0.25) is 0 Å². The van der Waals surface area contributed by atoms with E-state index in [-0.39, 0.29) is 36.3 Å². The molecule has 0 saturated carbocycles. The molecule has 1 saturated heterocycles. The van der Waals surface area contributed by atoms with Gasteiger partial charge in [-0.15, -0.1) is 35.3 Å².